The van der Waals surface area contributed by atoms with Crippen LogP contribution in [0.2, 0.25) is 0 Å². The molecule has 7 heteroatoms. The van der Waals surface area contributed by atoms with Crippen molar-refractivity contribution in [2.75, 3.05) is 24.6 Å². The number of hydrogen-bond acceptors (Lipinski definition) is 5. The van der Waals surface area contributed by atoms with Gasteiger partial charge in [-0.05, 0) is 37.1 Å². The maximum absolute atomic E-state index is 12.4. The van der Waals surface area contributed by atoms with Gasteiger partial charge in [-0.15, -0.1) is 0 Å². The molecule has 0 radical (unpaired) electrons. The van der Waals surface area contributed by atoms with E-state index in [1.165, 1.54) is 6.07 Å². The predicted molar refractivity (Wildman–Crippen MR) is 85.5 cm³/mol. The first-order chi connectivity index (χ1) is 11.5. The largest absolute Gasteiger partial charge is 0.435 e. The van der Waals surface area contributed by atoms with E-state index in [4.69, 9.17) is 4.74 Å². The Balaban J connectivity index is 1.76. The fourth-order valence-electron chi connectivity index (χ4n) is 2.59. The first-order valence-electron chi connectivity index (χ1n) is 7.74. The standard InChI is InChI=1S/C17H19F2N3O2/c1-11-9-20-17(21-12(11)2)22-6-7-23-15(10-22)13-4-3-5-14(8-13)24-16(18)19/h3-5,8-9,15-16H,6-7,10H2,1-2H3/t15-/m1/s1. The van der Waals surface area contributed by atoms with Crippen molar-refractivity contribution in [2.24, 2.45) is 0 Å². The van der Waals surface area contributed by atoms with Gasteiger partial charge < -0.3 is 14.4 Å². The molecule has 0 saturated carbocycles. The average molecular weight is 335 g/mol. The van der Waals surface area contributed by atoms with Crippen molar-refractivity contribution >= 4 is 5.95 Å². The van der Waals surface area contributed by atoms with E-state index in [0.717, 1.165) is 16.8 Å². The zero-order valence-electron chi connectivity index (χ0n) is 13.6. The highest BCUT2D eigenvalue weighted by atomic mass is 19.3. The molecule has 0 N–H and O–H groups in total. The van der Waals surface area contributed by atoms with Crippen molar-refractivity contribution in [3.05, 3.63) is 47.3 Å². The zero-order chi connectivity index (χ0) is 17.1. The fourth-order valence-corrected chi connectivity index (χ4v) is 2.59. The van der Waals surface area contributed by atoms with Gasteiger partial charge in [-0.2, -0.15) is 8.78 Å². The Morgan fingerprint density at radius 2 is 2.17 bits per heavy atom. The Morgan fingerprint density at radius 1 is 1.33 bits per heavy atom. The summed E-state index contributed by atoms with van der Waals surface area (Å²) in [6, 6.07) is 6.61. The first-order valence-corrected chi connectivity index (χ1v) is 7.74. The second-order valence-corrected chi connectivity index (χ2v) is 5.69. The molecule has 0 bridgehead atoms. The van der Waals surface area contributed by atoms with Crippen LogP contribution in [0.3, 0.4) is 0 Å². The van der Waals surface area contributed by atoms with Crippen molar-refractivity contribution < 1.29 is 18.3 Å². The molecule has 1 aromatic carbocycles. The van der Waals surface area contributed by atoms with Gasteiger partial charge in [-0.3, -0.25) is 0 Å². The number of alkyl halides is 2. The number of nitrogens with zero attached hydrogens (tertiary/aromatic N) is 3. The summed E-state index contributed by atoms with van der Waals surface area (Å²) in [5, 5.41) is 0. The summed E-state index contributed by atoms with van der Waals surface area (Å²) in [5.74, 6) is 0.789. The number of rotatable bonds is 4. The molecular formula is C17H19F2N3O2. The molecule has 3 rings (SSSR count). The van der Waals surface area contributed by atoms with Crippen molar-refractivity contribution in [1.29, 1.82) is 0 Å². The summed E-state index contributed by atoms with van der Waals surface area (Å²) in [6.45, 7) is 2.83. The monoisotopic (exact) mass is 335 g/mol. The molecule has 1 fully saturated rings. The highest BCUT2D eigenvalue weighted by Gasteiger charge is 2.24. The Kier molecular flexibility index (Phi) is 4.89. The lowest BCUT2D eigenvalue weighted by atomic mass is 10.1. The molecular weight excluding hydrogens is 316 g/mol. The smallest absolute Gasteiger partial charge is 0.387 e. The van der Waals surface area contributed by atoms with E-state index in [0.29, 0.717) is 25.6 Å². The van der Waals surface area contributed by atoms with Gasteiger partial charge in [0.05, 0.1) is 13.2 Å². The van der Waals surface area contributed by atoms with Crippen LogP contribution in [0.1, 0.15) is 22.9 Å². The molecule has 0 unspecified atom stereocenters. The lowest BCUT2D eigenvalue weighted by molar-refractivity contribution is -0.0501. The van der Waals surface area contributed by atoms with E-state index in [2.05, 4.69) is 14.7 Å². The van der Waals surface area contributed by atoms with E-state index < -0.39 is 6.61 Å². The molecule has 24 heavy (non-hydrogen) atoms. The molecule has 1 saturated heterocycles. The topological polar surface area (TPSA) is 47.5 Å². The average Bonchev–Trinajstić information content (AvgIpc) is 2.57. The van der Waals surface area contributed by atoms with Crippen LogP contribution in [0.5, 0.6) is 5.75 Å². The van der Waals surface area contributed by atoms with Gasteiger partial charge in [0.25, 0.3) is 0 Å². The Morgan fingerprint density at radius 3 is 2.92 bits per heavy atom. The molecule has 0 amide bonds. The number of benzene rings is 1. The molecule has 1 atom stereocenters. The molecule has 0 spiro atoms. The molecule has 2 heterocycles. The van der Waals surface area contributed by atoms with Crippen molar-refractivity contribution in [2.45, 2.75) is 26.6 Å². The maximum atomic E-state index is 12.4. The third kappa shape index (κ3) is 3.79. The molecule has 2 aromatic rings. The summed E-state index contributed by atoms with van der Waals surface area (Å²) < 4.78 is 35.0. The number of aromatic nitrogens is 2. The fraction of sp³-hybridized carbons (Fsp3) is 0.412. The quantitative estimate of drug-likeness (QED) is 0.858. The van der Waals surface area contributed by atoms with Gasteiger partial charge in [0.15, 0.2) is 0 Å². The SMILES string of the molecule is Cc1cnc(N2CCO[C@@H](c3cccc(OC(F)F)c3)C2)nc1C. The van der Waals surface area contributed by atoms with Crippen LogP contribution in [-0.4, -0.2) is 36.3 Å². The second-order valence-electron chi connectivity index (χ2n) is 5.69. The van der Waals surface area contributed by atoms with Crippen molar-refractivity contribution in [3.63, 3.8) is 0 Å². The number of halogens is 2. The van der Waals surface area contributed by atoms with E-state index in [9.17, 15) is 8.78 Å². The second kappa shape index (κ2) is 7.09. The van der Waals surface area contributed by atoms with Crippen LogP contribution in [-0.2, 0) is 4.74 Å². The highest BCUT2D eigenvalue weighted by molar-refractivity contribution is 5.36. The van der Waals surface area contributed by atoms with Crippen molar-refractivity contribution in [3.8, 4) is 5.75 Å². The maximum Gasteiger partial charge on any atom is 0.387 e. The van der Waals surface area contributed by atoms with Crippen LogP contribution < -0.4 is 9.64 Å². The van der Waals surface area contributed by atoms with E-state index in [1.54, 1.807) is 18.3 Å². The summed E-state index contributed by atoms with van der Waals surface area (Å²) in [6.07, 6.45) is 1.56. The number of anilines is 1. The zero-order valence-corrected chi connectivity index (χ0v) is 13.6. The molecule has 1 aromatic heterocycles. The van der Waals surface area contributed by atoms with E-state index >= 15 is 0 Å². The lowest BCUT2D eigenvalue weighted by Gasteiger charge is -2.33. The summed E-state index contributed by atoms with van der Waals surface area (Å²) in [7, 11) is 0. The van der Waals surface area contributed by atoms with Crippen LogP contribution in [0.25, 0.3) is 0 Å². The van der Waals surface area contributed by atoms with Crippen LogP contribution >= 0.6 is 0 Å². The first kappa shape index (κ1) is 16.6. The van der Waals surface area contributed by atoms with Gasteiger partial charge in [0.1, 0.15) is 11.9 Å². The van der Waals surface area contributed by atoms with Gasteiger partial charge in [-0.1, -0.05) is 12.1 Å². The van der Waals surface area contributed by atoms with Crippen LogP contribution in [0, 0.1) is 13.8 Å². The number of aryl methyl sites for hydroxylation is 2. The Bertz CT molecular complexity index is 712. The lowest BCUT2D eigenvalue weighted by Crippen LogP contribution is -2.39. The minimum absolute atomic E-state index is 0.130. The van der Waals surface area contributed by atoms with Crippen LogP contribution in [0.4, 0.5) is 14.7 Å². The normalized spacial score (nSPS) is 18.0. The summed E-state index contributed by atoms with van der Waals surface area (Å²) in [5.41, 5.74) is 2.78. The predicted octanol–water partition coefficient (Wildman–Crippen LogP) is 3.27. The minimum atomic E-state index is -2.84. The van der Waals surface area contributed by atoms with E-state index in [1.807, 2.05) is 24.8 Å². The number of hydrogen-bond donors (Lipinski definition) is 0. The van der Waals surface area contributed by atoms with Gasteiger partial charge >= 0.3 is 6.61 Å². The highest BCUT2D eigenvalue weighted by Crippen LogP contribution is 2.27. The number of morpholine rings is 1. The van der Waals surface area contributed by atoms with Crippen molar-refractivity contribution in [1.82, 2.24) is 9.97 Å². The number of ether oxygens (including phenoxy) is 2. The molecule has 1 aliphatic heterocycles. The third-order valence-electron chi connectivity index (χ3n) is 4.02. The molecule has 5 nitrogen and oxygen atoms in total. The van der Waals surface area contributed by atoms with Gasteiger partial charge in [0, 0.05) is 18.4 Å². The van der Waals surface area contributed by atoms with Gasteiger partial charge in [0.2, 0.25) is 5.95 Å². The van der Waals surface area contributed by atoms with Crippen LogP contribution in [0.15, 0.2) is 30.5 Å². The Labute approximate surface area is 139 Å². The third-order valence-corrected chi connectivity index (χ3v) is 4.02. The molecule has 128 valence electrons. The summed E-state index contributed by atoms with van der Waals surface area (Å²) >= 11 is 0. The molecule has 1 aliphatic rings. The summed E-state index contributed by atoms with van der Waals surface area (Å²) in [4.78, 5) is 10.9. The Hall–Kier alpha value is -2.28. The van der Waals surface area contributed by atoms with E-state index in [-0.39, 0.29) is 11.9 Å². The molecule has 0 aliphatic carbocycles. The minimum Gasteiger partial charge on any atom is -0.435 e. The van der Waals surface area contributed by atoms with Gasteiger partial charge in [-0.25, -0.2) is 9.97 Å².